The summed E-state index contributed by atoms with van der Waals surface area (Å²) < 4.78 is 15.0. The molecule has 0 aliphatic rings. The molecule has 0 bridgehead atoms. The van der Waals surface area contributed by atoms with Crippen molar-refractivity contribution in [2.45, 2.75) is 66.2 Å². The van der Waals surface area contributed by atoms with Crippen molar-refractivity contribution in [2.75, 3.05) is 19.8 Å². The minimum atomic E-state index is -1.55. The van der Waals surface area contributed by atoms with Crippen LogP contribution in [0.4, 0.5) is 14.4 Å². The Kier molecular flexibility index (Phi) is 16.6. The standard InChI is InChI=1S/C38H42O15/c1-5-8-26-11-17-29(18-12-26)32(39)48-51-35(42)45-23-38(4,24-46-36(43)52-49-33(40)30-19-13-27(9-6-2)14-20-30)25-47-37(44)53-50-34(41)31-21-15-28(10-7-3)16-22-31/h11-22H,5-10,23-25H2,1-4H3. The van der Waals surface area contributed by atoms with E-state index < -0.39 is 61.6 Å². The number of rotatable bonds is 15. The van der Waals surface area contributed by atoms with Crippen molar-refractivity contribution in [1.29, 1.82) is 0 Å². The fraction of sp³-hybridized carbons (Fsp3) is 0.368. The summed E-state index contributed by atoms with van der Waals surface area (Å²) in [4.78, 5) is 101. The zero-order chi connectivity index (χ0) is 38.6. The molecule has 0 fully saturated rings. The van der Waals surface area contributed by atoms with Crippen molar-refractivity contribution < 1.29 is 72.3 Å². The van der Waals surface area contributed by atoms with Gasteiger partial charge in [-0.05, 0) is 79.3 Å². The first-order chi connectivity index (χ1) is 25.4. The Bertz CT molecular complexity index is 1470. The Morgan fingerprint density at radius 2 is 0.660 bits per heavy atom. The first-order valence-electron chi connectivity index (χ1n) is 16.9. The van der Waals surface area contributed by atoms with Gasteiger partial charge in [-0.15, -0.1) is 0 Å². The first-order valence-corrected chi connectivity index (χ1v) is 16.9. The molecule has 0 saturated heterocycles. The average molecular weight is 739 g/mol. The molecule has 0 aromatic heterocycles. The maximum Gasteiger partial charge on any atom is 0.549 e. The number of carbonyl (C=O) groups is 6. The van der Waals surface area contributed by atoms with E-state index in [1.165, 1.54) is 43.3 Å². The van der Waals surface area contributed by atoms with Gasteiger partial charge in [-0.1, -0.05) is 76.4 Å². The molecular formula is C38H42O15. The summed E-state index contributed by atoms with van der Waals surface area (Å²) >= 11 is 0. The van der Waals surface area contributed by atoms with Gasteiger partial charge < -0.3 is 14.2 Å². The molecular weight excluding hydrogens is 696 g/mol. The van der Waals surface area contributed by atoms with Crippen LogP contribution < -0.4 is 0 Å². The monoisotopic (exact) mass is 738 g/mol. The molecule has 3 aromatic carbocycles. The summed E-state index contributed by atoms with van der Waals surface area (Å²) in [5.41, 5.74) is 1.82. The van der Waals surface area contributed by atoms with Gasteiger partial charge in [0.1, 0.15) is 19.8 Å². The topological polar surface area (TPSA) is 185 Å². The van der Waals surface area contributed by atoms with Crippen LogP contribution >= 0.6 is 0 Å². The van der Waals surface area contributed by atoms with E-state index >= 15 is 0 Å². The van der Waals surface area contributed by atoms with E-state index in [4.69, 9.17) is 14.2 Å². The number of hydrogen-bond acceptors (Lipinski definition) is 15. The molecule has 0 atom stereocenters. The van der Waals surface area contributed by atoms with E-state index in [0.717, 1.165) is 55.2 Å². The zero-order valence-electron chi connectivity index (χ0n) is 29.9. The van der Waals surface area contributed by atoms with Gasteiger partial charge in [0.25, 0.3) is 0 Å². The number of carbonyl (C=O) groups excluding carboxylic acids is 6. The zero-order valence-corrected chi connectivity index (χ0v) is 29.9. The normalized spacial score (nSPS) is 10.6. The van der Waals surface area contributed by atoms with Gasteiger partial charge in [0.05, 0.1) is 22.1 Å². The van der Waals surface area contributed by atoms with Crippen LogP contribution in [0.2, 0.25) is 0 Å². The van der Waals surface area contributed by atoms with Crippen LogP contribution in [0.3, 0.4) is 0 Å². The largest absolute Gasteiger partial charge is 0.549 e. The van der Waals surface area contributed by atoms with E-state index in [1.807, 2.05) is 20.8 Å². The lowest BCUT2D eigenvalue weighted by atomic mass is 9.94. The van der Waals surface area contributed by atoms with Crippen LogP contribution in [0.15, 0.2) is 72.8 Å². The molecule has 0 amide bonds. The smallest absolute Gasteiger partial charge is 0.431 e. The van der Waals surface area contributed by atoms with Crippen molar-refractivity contribution in [3.8, 4) is 0 Å². The highest BCUT2D eigenvalue weighted by atomic mass is 17.2. The summed E-state index contributed by atoms with van der Waals surface area (Å²) in [6, 6.07) is 19.4. The molecule has 0 heterocycles. The lowest BCUT2D eigenvalue weighted by Gasteiger charge is -2.26. The van der Waals surface area contributed by atoms with Crippen LogP contribution in [0.5, 0.6) is 0 Å². The second-order valence-corrected chi connectivity index (χ2v) is 12.1. The number of aryl methyl sites for hydroxylation is 3. The maximum absolute atomic E-state index is 12.3. The van der Waals surface area contributed by atoms with Crippen LogP contribution in [0.25, 0.3) is 0 Å². The second-order valence-electron chi connectivity index (χ2n) is 12.1. The summed E-state index contributed by atoms with van der Waals surface area (Å²) in [5.74, 6) is -2.91. The highest BCUT2D eigenvalue weighted by molar-refractivity contribution is 5.90. The van der Waals surface area contributed by atoms with Crippen molar-refractivity contribution >= 4 is 36.4 Å². The van der Waals surface area contributed by atoms with Gasteiger partial charge in [0.15, 0.2) is 0 Å². The van der Waals surface area contributed by atoms with E-state index in [9.17, 15) is 28.8 Å². The van der Waals surface area contributed by atoms with Crippen molar-refractivity contribution in [2.24, 2.45) is 5.41 Å². The van der Waals surface area contributed by atoms with Crippen LogP contribution in [0, 0.1) is 5.41 Å². The molecule has 0 N–H and O–H groups in total. The Hall–Kier alpha value is -6.12. The summed E-state index contributed by atoms with van der Waals surface area (Å²) in [5, 5.41) is 0. The molecule has 284 valence electrons. The molecule has 0 aliphatic heterocycles. The number of hydrogen-bond donors (Lipinski definition) is 0. The van der Waals surface area contributed by atoms with Gasteiger partial charge >= 0.3 is 36.4 Å². The Morgan fingerprint density at radius 1 is 0.415 bits per heavy atom. The van der Waals surface area contributed by atoms with Gasteiger partial charge in [-0.2, -0.15) is 14.4 Å². The number of benzene rings is 3. The highest BCUT2D eigenvalue weighted by Crippen LogP contribution is 2.20. The third-order valence-electron chi connectivity index (χ3n) is 7.36. The molecule has 3 rings (SSSR count). The van der Waals surface area contributed by atoms with Crippen molar-refractivity contribution in [1.82, 2.24) is 0 Å². The molecule has 0 radical (unpaired) electrons. The third-order valence-corrected chi connectivity index (χ3v) is 7.36. The Labute approximate surface area is 306 Å². The maximum atomic E-state index is 12.3. The van der Waals surface area contributed by atoms with E-state index in [1.54, 1.807) is 36.4 Å². The van der Waals surface area contributed by atoms with Crippen LogP contribution in [-0.2, 0) is 62.8 Å². The summed E-state index contributed by atoms with van der Waals surface area (Å²) in [6.07, 6.45) is 0.809. The number of ether oxygens (including phenoxy) is 3. The fourth-order valence-corrected chi connectivity index (χ4v) is 4.55. The average Bonchev–Trinajstić information content (AvgIpc) is 3.17. The molecule has 0 unspecified atom stereocenters. The van der Waals surface area contributed by atoms with Crippen LogP contribution in [0.1, 0.15) is 94.7 Å². The van der Waals surface area contributed by atoms with Gasteiger partial charge in [-0.3, -0.25) is 0 Å². The minimum absolute atomic E-state index is 0.115. The fourth-order valence-electron chi connectivity index (χ4n) is 4.55. The molecule has 0 saturated carbocycles. The molecule has 3 aromatic rings. The molecule has 0 aliphatic carbocycles. The predicted octanol–water partition coefficient (Wildman–Crippen LogP) is 7.63. The van der Waals surface area contributed by atoms with E-state index in [2.05, 4.69) is 29.3 Å². The molecule has 15 nitrogen and oxygen atoms in total. The van der Waals surface area contributed by atoms with E-state index in [0.29, 0.717) is 0 Å². The van der Waals surface area contributed by atoms with Gasteiger partial charge in [0.2, 0.25) is 0 Å². The van der Waals surface area contributed by atoms with Crippen molar-refractivity contribution in [3.63, 3.8) is 0 Å². The lowest BCUT2D eigenvalue weighted by molar-refractivity contribution is -0.216. The third kappa shape index (κ3) is 14.6. The van der Waals surface area contributed by atoms with Crippen molar-refractivity contribution in [3.05, 3.63) is 106 Å². The molecule has 53 heavy (non-hydrogen) atoms. The van der Waals surface area contributed by atoms with Crippen LogP contribution in [-0.4, -0.2) is 56.2 Å². The SMILES string of the molecule is CCCc1ccc(C(=O)OOC(=O)OCC(C)(COC(=O)OOC(=O)c2ccc(CCC)cc2)COC(=O)OOC(=O)c2ccc(CCC)cc2)cc1. The van der Waals surface area contributed by atoms with Gasteiger partial charge in [0, 0.05) is 0 Å². The first kappa shape index (κ1) is 41.3. The molecule has 0 spiro atoms. The highest BCUT2D eigenvalue weighted by Gasteiger charge is 2.33. The molecule has 15 heteroatoms. The minimum Gasteiger partial charge on any atom is -0.431 e. The Balaban J connectivity index is 1.55. The van der Waals surface area contributed by atoms with Gasteiger partial charge in [-0.25, -0.2) is 43.7 Å². The summed E-state index contributed by atoms with van der Waals surface area (Å²) in [6.45, 7) is 5.40. The second kappa shape index (κ2) is 21.3. The Morgan fingerprint density at radius 3 is 0.887 bits per heavy atom. The summed E-state index contributed by atoms with van der Waals surface area (Å²) in [7, 11) is 0. The predicted molar refractivity (Wildman–Crippen MR) is 183 cm³/mol. The lowest BCUT2D eigenvalue weighted by Crippen LogP contribution is -2.37. The van der Waals surface area contributed by atoms with E-state index in [-0.39, 0.29) is 16.7 Å². The quantitative estimate of drug-likeness (QED) is 0.0641.